The van der Waals surface area contributed by atoms with Crippen LogP contribution in [0.2, 0.25) is 5.15 Å². The molecule has 3 rings (SSSR count). The smallest absolute Gasteiger partial charge is 0.243 e. The van der Waals surface area contributed by atoms with Crippen LogP contribution in [0.25, 0.3) is 11.3 Å². The highest BCUT2D eigenvalue weighted by molar-refractivity contribution is 7.80. The van der Waals surface area contributed by atoms with Crippen molar-refractivity contribution in [1.82, 2.24) is 20.2 Å². The molecule has 0 aliphatic carbocycles. The van der Waals surface area contributed by atoms with E-state index in [2.05, 4.69) is 27.1 Å². The van der Waals surface area contributed by atoms with Crippen molar-refractivity contribution in [3.8, 4) is 17.1 Å². The molecule has 0 radical (unpaired) electrons. The van der Waals surface area contributed by atoms with Gasteiger partial charge in [-0.3, -0.25) is 4.90 Å². The van der Waals surface area contributed by atoms with Gasteiger partial charge in [0.25, 0.3) is 0 Å². The summed E-state index contributed by atoms with van der Waals surface area (Å²) in [5, 5.41) is 3.63. The number of nitrogens with one attached hydrogen (secondary N) is 1. The Kier molecular flexibility index (Phi) is 6.40. The van der Waals surface area contributed by atoms with E-state index < -0.39 is 0 Å². The van der Waals surface area contributed by atoms with Gasteiger partial charge in [-0.1, -0.05) is 61.1 Å². The minimum absolute atomic E-state index is 0.312. The van der Waals surface area contributed by atoms with E-state index in [1.807, 2.05) is 30.3 Å². The van der Waals surface area contributed by atoms with Gasteiger partial charge < -0.3 is 10.1 Å². The number of ether oxygens (including phenoxy) is 1. The fourth-order valence-corrected chi connectivity index (χ4v) is 3.76. The predicted molar refractivity (Wildman–Crippen MR) is 109 cm³/mol. The Labute approximate surface area is 164 Å². The predicted octanol–water partition coefficient (Wildman–Crippen LogP) is 3.56. The van der Waals surface area contributed by atoms with Gasteiger partial charge in [0.2, 0.25) is 5.88 Å². The number of aromatic nitrogens is 2. The number of thiocarbonyl (C=S) groups is 1. The molecule has 2 aromatic rings. The fourth-order valence-electron chi connectivity index (χ4n) is 3.31. The Hall–Kier alpha value is -1.76. The number of hydrogen-bond donors (Lipinski definition) is 1. The molecule has 1 aliphatic heterocycles. The van der Waals surface area contributed by atoms with E-state index >= 15 is 0 Å². The van der Waals surface area contributed by atoms with Crippen LogP contribution < -0.4 is 10.1 Å². The first kappa shape index (κ1) is 19.0. The molecule has 0 amide bonds. The van der Waals surface area contributed by atoms with Gasteiger partial charge in [-0.2, -0.15) is 0 Å². The van der Waals surface area contributed by atoms with Crippen molar-refractivity contribution in [2.45, 2.75) is 25.8 Å². The van der Waals surface area contributed by atoms with Crippen LogP contribution in [0.15, 0.2) is 30.3 Å². The summed E-state index contributed by atoms with van der Waals surface area (Å²) in [6.45, 7) is 5.18. The van der Waals surface area contributed by atoms with E-state index in [9.17, 15) is 0 Å². The van der Waals surface area contributed by atoms with Crippen LogP contribution >= 0.6 is 23.8 Å². The maximum Gasteiger partial charge on any atom is 0.243 e. The quantitative estimate of drug-likeness (QED) is 0.761. The van der Waals surface area contributed by atoms with Crippen molar-refractivity contribution < 1.29 is 4.74 Å². The summed E-state index contributed by atoms with van der Waals surface area (Å²) in [6, 6.07) is 10.2. The Bertz CT molecular complexity index is 772. The summed E-state index contributed by atoms with van der Waals surface area (Å²) in [7, 11) is 1.56. The highest BCUT2D eigenvalue weighted by Gasteiger charge is 2.24. The molecule has 0 spiro atoms. The maximum absolute atomic E-state index is 6.39. The standard InChI is InChI=1S/C19H23ClN4OS/c1-3-24-11-7-10-14(24)12-21-19(26)16-18(25-2)23-15(17(20)22-16)13-8-5-4-6-9-13/h4-6,8-9,14H,3,7,10-12H2,1-2H3,(H,21,26). The van der Waals surface area contributed by atoms with Gasteiger partial charge in [-0.25, -0.2) is 9.97 Å². The number of hydrogen-bond acceptors (Lipinski definition) is 5. The summed E-state index contributed by atoms with van der Waals surface area (Å²) >= 11 is 11.9. The van der Waals surface area contributed by atoms with E-state index in [0.717, 1.165) is 25.2 Å². The first-order valence-corrected chi connectivity index (χ1v) is 9.61. The summed E-state index contributed by atoms with van der Waals surface area (Å²) in [6.07, 6.45) is 2.41. The molecule has 26 heavy (non-hydrogen) atoms. The maximum atomic E-state index is 6.39. The number of methoxy groups -OCH3 is 1. The van der Waals surface area contributed by atoms with Crippen LogP contribution in [0, 0.1) is 0 Å². The number of rotatable bonds is 6. The van der Waals surface area contributed by atoms with Crippen LogP contribution in [-0.4, -0.2) is 52.6 Å². The second-order valence-electron chi connectivity index (χ2n) is 6.22. The van der Waals surface area contributed by atoms with Crippen molar-refractivity contribution in [3.05, 3.63) is 41.2 Å². The second kappa shape index (κ2) is 8.75. The number of nitrogens with zero attached hydrogens (tertiary/aromatic N) is 3. The molecule has 1 unspecified atom stereocenters. The van der Waals surface area contributed by atoms with Crippen LogP contribution in [0.1, 0.15) is 25.5 Å². The first-order chi connectivity index (χ1) is 12.6. The molecule has 1 atom stereocenters. The molecule has 0 saturated carbocycles. The number of halogens is 1. The van der Waals surface area contributed by atoms with Crippen LogP contribution in [-0.2, 0) is 0 Å². The van der Waals surface area contributed by atoms with E-state index in [1.165, 1.54) is 12.8 Å². The van der Waals surface area contributed by atoms with Gasteiger partial charge in [-0.15, -0.1) is 0 Å². The lowest BCUT2D eigenvalue weighted by atomic mass is 10.1. The average Bonchev–Trinajstić information content (AvgIpc) is 3.14. The fraction of sp³-hybridized carbons (Fsp3) is 0.421. The van der Waals surface area contributed by atoms with Gasteiger partial charge in [0.15, 0.2) is 10.8 Å². The summed E-state index contributed by atoms with van der Waals surface area (Å²) in [5.41, 5.74) is 1.95. The molecular formula is C19H23ClN4OS. The third kappa shape index (κ3) is 4.14. The van der Waals surface area contributed by atoms with Crippen molar-refractivity contribution in [2.75, 3.05) is 26.7 Å². The largest absolute Gasteiger partial charge is 0.479 e. The molecule has 5 nitrogen and oxygen atoms in total. The molecule has 138 valence electrons. The SMILES string of the molecule is CCN1CCCC1CNC(=S)c1nc(Cl)c(-c2ccccc2)nc1OC. The first-order valence-electron chi connectivity index (χ1n) is 8.83. The average molecular weight is 391 g/mol. The van der Waals surface area contributed by atoms with Crippen molar-refractivity contribution >= 4 is 28.8 Å². The Morgan fingerprint density at radius 3 is 2.81 bits per heavy atom. The van der Waals surface area contributed by atoms with Gasteiger partial charge in [0.05, 0.1) is 7.11 Å². The zero-order chi connectivity index (χ0) is 18.5. The highest BCUT2D eigenvalue weighted by atomic mass is 35.5. The van der Waals surface area contributed by atoms with Gasteiger partial charge >= 0.3 is 0 Å². The van der Waals surface area contributed by atoms with Crippen LogP contribution in [0.3, 0.4) is 0 Å². The minimum atomic E-state index is 0.312. The molecular weight excluding hydrogens is 368 g/mol. The number of likely N-dealkylation sites (tertiary alicyclic amines) is 1. The van der Waals surface area contributed by atoms with E-state index in [4.69, 9.17) is 28.6 Å². The van der Waals surface area contributed by atoms with Crippen LogP contribution in [0.5, 0.6) is 5.88 Å². The lowest BCUT2D eigenvalue weighted by Crippen LogP contribution is -2.40. The minimum Gasteiger partial charge on any atom is -0.479 e. The number of likely N-dealkylation sites (N-methyl/N-ethyl adjacent to an activating group) is 1. The normalized spacial score (nSPS) is 17.3. The molecule has 1 aromatic heterocycles. The lowest BCUT2D eigenvalue weighted by Gasteiger charge is -2.23. The zero-order valence-corrected chi connectivity index (χ0v) is 16.6. The Balaban J connectivity index is 1.79. The lowest BCUT2D eigenvalue weighted by molar-refractivity contribution is 0.267. The molecule has 1 N–H and O–H groups in total. The van der Waals surface area contributed by atoms with Crippen molar-refractivity contribution in [2.24, 2.45) is 0 Å². The molecule has 1 fully saturated rings. The summed E-state index contributed by atoms with van der Waals surface area (Å²) < 4.78 is 5.43. The Morgan fingerprint density at radius 2 is 2.12 bits per heavy atom. The second-order valence-corrected chi connectivity index (χ2v) is 6.99. The monoisotopic (exact) mass is 390 g/mol. The van der Waals surface area contributed by atoms with Crippen molar-refractivity contribution in [3.63, 3.8) is 0 Å². The van der Waals surface area contributed by atoms with E-state index in [0.29, 0.717) is 33.5 Å². The summed E-state index contributed by atoms with van der Waals surface area (Å²) in [4.78, 5) is 12.0. The molecule has 0 bridgehead atoms. The molecule has 1 saturated heterocycles. The Morgan fingerprint density at radius 1 is 1.35 bits per heavy atom. The van der Waals surface area contributed by atoms with Crippen LogP contribution in [0.4, 0.5) is 0 Å². The molecule has 7 heteroatoms. The molecule has 1 aromatic carbocycles. The van der Waals surface area contributed by atoms with Gasteiger partial charge in [0, 0.05) is 18.2 Å². The molecule has 2 heterocycles. The highest BCUT2D eigenvalue weighted by Crippen LogP contribution is 2.28. The van der Waals surface area contributed by atoms with E-state index in [-0.39, 0.29) is 0 Å². The molecule has 1 aliphatic rings. The third-order valence-corrected chi connectivity index (χ3v) is 5.28. The van der Waals surface area contributed by atoms with Gasteiger partial charge in [0.1, 0.15) is 10.7 Å². The third-order valence-electron chi connectivity index (χ3n) is 4.68. The number of benzene rings is 1. The van der Waals surface area contributed by atoms with Gasteiger partial charge in [-0.05, 0) is 25.9 Å². The topological polar surface area (TPSA) is 50.3 Å². The van der Waals surface area contributed by atoms with Crippen molar-refractivity contribution in [1.29, 1.82) is 0 Å². The zero-order valence-electron chi connectivity index (χ0n) is 15.0. The van der Waals surface area contributed by atoms with E-state index in [1.54, 1.807) is 7.11 Å². The summed E-state index contributed by atoms with van der Waals surface area (Å²) in [5.74, 6) is 0.379.